The zero-order valence-electron chi connectivity index (χ0n) is 14.7. The third kappa shape index (κ3) is 2.31. The predicted octanol–water partition coefficient (Wildman–Crippen LogP) is 2.85. The lowest BCUT2D eigenvalue weighted by atomic mass is 10.1. The average molecular weight is 339 g/mol. The van der Waals surface area contributed by atoms with E-state index in [-0.39, 0.29) is 5.82 Å². The second kappa shape index (κ2) is 5.39. The van der Waals surface area contributed by atoms with Crippen molar-refractivity contribution in [2.24, 2.45) is 7.05 Å². The van der Waals surface area contributed by atoms with Gasteiger partial charge >= 0.3 is 0 Å². The molecule has 0 radical (unpaired) electrons. The topological polar surface area (TPSA) is 37.2 Å². The molecule has 2 saturated heterocycles. The number of aromatic nitrogens is 3. The summed E-state index contributed by atoms with van der Waals surface area (Å²) in [6.45, 7) is 6.02. The van der Waals surface area contributed by atoms with Gasteiger partial charge in [-0.25, -0.2) is 9.37 Å². The summed E-state index contributed by atoms with van der Waals surface area (Å²) in [6, 6.07) is 4.06. The molecular weight excluding hydrogens is 317 g/mol. The highest BCUT2D eigenvalue weighted by Gasteiger charge is 2.32. The molecule has 4 heterocycles. The monoisotopic (exact) mass is 339 g/mol. The molecule has 2 aliphatic rings. The van der Waals surface area contributed by atoms with Crippen LogP contribution in [0.3, 0.4) is 0 Å². The van der Waals surface area contributed by atoms with Gasteiger partial charge in [-0.15, -0.1) is 0 Å². The molecule has 130 valence electrons. The number of hydrogen-bond donors (Lipinski definition) is 0. The SMILES string of the molecule is Cc1cc2c(cc1F)nc(N1CCN3CCCC3C1)c1nn(C)cc12. The summed E-state index contributed by atoms with van der Waals surface area (Å²) in [7, 11) is 1.93. The molecule has 2 fully saturated rings. The highest BCUT2D eigenvalue weighted by atomic mass is 19.1. The fraction of sp³-hybridized carbons (Fsp3) is 0.474. The quantitative estimate of drug-likeness (QED) is 0.683. The van der Waals surface area contributed by atoms with Gasteiger partial charge < -0.3 is 4.90 Å². The summed E-state index contributed by atoms with van der Waals surface area (Å²) >= 11 is 0. The number of fused-ring (bicyclic) bond motifs is 4. The van der Waals surface area contributed by atoms with E-state index in [1.54, 1.807) is 13.0 Å². The highest BCUT2D eigenvalue weighted by molar-refractivity contribution is 6.08. The molecule has 3 aromatic rings. The van der Waals surface area contributed by atoms with E-state index < -0.39 is 0 Å². The number of halogens is 1. The molecule has 25 heavy (non-hydrogen) atoms. The summed E-state index contributed by atoms with van der Waals surface area (Å²) in [5.74, 6) is 0.702. The molecule has 5 nitrogen and oxygen atoms in total. The van der Waals surface area contributed by atoms with Gasteiger partial charge in [-0.2, -0.15) is 5.10 Å². The van der Waals surface area contributed by atoms with Crippen molar-refractivity contribution in [1.29, 1.82) is 0 Å². The van der Waals surface area contributed by atoms with Gasteiger partial charge in [0, 0.05) is 55.8 Å². The summed E-state index contributed by atoms with van der Waals surface area (Å²) in [5.41, 5.74) is 2.28. The van der Waals surface area contributed by atoms with Gasteiger partial charge in [-0.1, -0.05) is 0 Å². The van der Waals surface area contributed by atoms with E-state index in [0.29, 0.717) is 17.1 Å². The molecule has 0 amide bonds. The largest absolute Gasteiger partial charge is 0.352 e. The second-order valence-corrected chi connectivity index (χ2v) is 7.40. The Bertz CT molecular complexity index is 979. The molecule has 0 bridgehead atoms. The van der Waals surface area contributed by atoms with E-state index in [4.69, 9.17) is 4.98 Å². The molecular formula is C19H22FN5. The standard InChI is InChI=1S/C19H22FN5/c1-12-8-14-15-11-23(2)22-18(15)19(21-17(14)9-16(12)20)25-7-6-24-5-3-4-13(24)10-25/h8-9,11,13H,3-7,10H2,1-2H3. The molecule has 2 aliphatic heterocycles. The first kappa shape index (κ1) is 15.1. The van der Waals surface area contributed by atoms with Crippen LogP contribution in [0.4, 0.5) is 10.2 Å². The zero-order chi connectivity index (χ0) is 17.1. The Labute approximate surface area is 146 Å². The minimum absolute atomic E-state index is 0.199. The lowest BCUT2D eigenvalue weighted by molar-refractivity contribution is 0.230. The number of hydrogen-bond acceptors (Lipinski definition) is 4. The van der Waals surface area contributed by atoms with Crippen LogP contribution in [0, 0.1) is 12.7 Å². The lowest BCUT2D eigenvalue weighted by Gasteiger charge is -2.38. The first-order chi connectivity index (χ1) is 12.1. The molecule has 0 aliphatic carbocycles. The summed E-state index contributed by atoms with van der Waals surface area (Å²) in [4.78, 5) is 9.77. The van der Waals surface area contributed by atoms with Crippen molar-refractivity contribution in [3.05, 3.63) is 29.7 Å². The van der Waals surface area contributed by atoms with Crippen LogP contribution in [0.5, 0.6) is 0 Å². The Morgan fingerprint density at radius 1 is 1.16 bits per heavy atom. The second-order valence-electron chi connectivity index (χ2n) is 7.40. The van der Waals surface area contributed by atoms with E-state index in [1.165, 1.54) is 19.4 Å². The zero-order valence-corrected chi connectivity index (χ0v) is 14.7. The van der Waals surface area contributed by atoms with Crippen LogP contribution in [-0.4, -0.2) is 51.9 Å². The van der Waals surface area contributed by atoms with Crippen LogP contribution < -0.4 is 4.90 Å². The number of piperazine rings is 1. The number of aryl methyl sites for hydroxylation is 2. The van der Waals surface area contributed by atoms with Gasteiger partial charge in [0.05, 0.1) is 5.52 Å². The van der Waals surface area contributed by atoms with Gasteiger partial charge in [0.25, 0.3) is 0 Å². The van der Waals surface area contributed by atoms with E-state index in [0.717, 1.165) is 41.7 Å². The van der Waals surface area contributed by atoms with Crippen LogP contribution in [-0.2, 0) is 7.05 Å². The van der Waals surface area contributed by atoms with Crippen LogP contribution >= 0.6 is 0 Å². The normalized spacial score (nSPS) is 21.4. The van der Waals surface area contributed by atoms with Crippen molar-refractivity contribution < 1.29 is 4.39 Å². The predicted molar refractivity (Wildman–Crippen MR) is 97.5 cm³/mol. The Hall–Kier alpha value is -2.21. The van der Waals surface area contributed by atoms with Crippen LogP contribution in [0.2, 0.25) is 0 Å². The van der Waals surface area contributed by atoms with Crippen LogP contribution in [0.15, 0.2) is 18.3 Å². The molecule has 2 aromatic heterocycles. The average Bonchev–Trinajstić information content (AvgIpc) is 3.21. The molecule has 0 spiro atoms. The Balaban J connectivity index is 1.69. The fourth-order valence-electron chi connectivity index (χ4n) is 4.40. The fourth-order valence-corrected chi connectivity index (χ4v) is 4.40. The molecule has 1 aromatic carbocycles. The van der Waals surface area contributed by atoms with Crippen molar-refractivity contribution in [2.45, 2.75) is 25.8 Å². The third-order valence-corrected chi connectivity index (χ3v) is 5.72. The van der Waals surface area contributed by atoms with Gasteiger partial charge in [0.15, 0.2) is 5.82 Å². The van der Waals surface area contributed by atoms with Gasteiger partial charge in [-0.3, -0.25) is 9.58 Å². The van der Waals surface area contributed by atoms with E-state index in [1.807, 2.05) is 24.0 Å². The highest BCUT2D eigenvalue weighted by Crippen LogP contribution is 2.33. The maximum absolute atomic E-state index is 14.1. The molecule has 1 unspecified atom stereocenters. The van der Waals surface area contributed by atoms with Gasteiger partial charge in [0.2, 0.25) is 0 Å². The molecule has 1 atom stereocenters. The molecule has 0 N–H and O–H groups in total. The molecule has 5 rings (SSSR count). The van der Waals surface area contributed by atoms with E-state index in [9.17, 15) is 4.39 Å². The van der Waals surface area contributed by atoms with Crippen molar-refractivity contribution in [3.8, 4) is 0 Å². The minimum atomic E-state index is -0.199. The maximum atomic E-state index is 14.1. The summed E-state index contributed by atoms with van der Waals surface area (Å²) in [5, 5.41) is 6.71. The van der Waals surface area contributed by atoms with Crippen molar-refractivity contribution in [3.63, 3.8) is 0 Å². The summed E-state index contributed by atoms with van der Waals surface area (Å²) in [6.07, 6.45) is 4.56. The van der Waals surface area contributed by atoms with Crippen molar-refractivity contribution in [2.75, 3.05) is 31.1 Å². The molecule has 0 saturated carbocycles. The van der Waals surface area contributed by atoms with Crippen molar-refractivity contribution in [1.82, 2.24) is 19.7 Å². The van der Waals surface area contributed by atoms with Crippen LogP contribution in [0.25, 0.3) is 21.8 Å². The van der Waals surface area contributed by atoms with E-state index >= 15 is 0 Å². The number of benzene rings is 1. The maximum Gasteiger partial charge on any atom is 0.157 e. The van der Waals surface area contributed by atoms with Gasteiger partial charge in [-0.05, 0) is 37.9 Å². The van der Waals surface area contributed by atoms with Gasteiger partial charge in [0.1, 0.15) is 11.3 Å². The van der Waals surface area contributed by atoms with Crippen LogP contribution in [0.1, 0.15) is 18.4 Å². The first-order valence-corrected chi connectivity index (χ1v) is 9.02. The minimum Gasteiger partial charge on any atom is -0.352 e. The Kier molecular flexibility index (Phi) is 3.25. The van der Waals surface area contributed by atoms with Crippen molar-refractivity contribution >= 4 is 27.6 Å². The Morgan fingerprint density at radius 3 is 2.92 bits per heavy atom. The number of rotatable bonds is 1. The first-order valence-electron chi connectivity index (χ1n) is 9.02. The number of anilines is 1. The number of nitrogens with zero attached hydrogens (tertiary/aromatic N) is 5. The smallest absolute Gasteiger partial charge is 0.157 e. The number of pyridine rings is 1. The lowest BCUT2D eigenvalue weighted by Crippen LogP contribution is -2.50. The van der Waals surface area contributed by atoms with E-state index in [2.05, 4.69) is 14.9 Å². The third-order valence-electron chi connectivity index (χ3n) is 5.72. The molecule has 6 heteroatoms. The summed E-state index contributed by atoms with van der Waals surface area (Å²) < 4.78 is 16.0. The Morgan fingerprint density at radius 2 is 2.04 bits per heavy atom.